The number of hydrogen-bond donors (Lipinski definition) is 0. The highest BCUT2D eigenvalue weighted by Gasteiger charge is 2.18. The van der Waals surface area contributed by atoms with Crippen LogP contribution in [0.5, 0.6) is 0 Å². The molecule has 1 heteroatoms. The molecule has 1 aliphatic heterocycles. The molecular formula is C32H43N. The third-order valence-corrected chi connectivity index (χ3v) is 7.28. The number of hydrogen-bond acceptors (Lipinski definition) is 1. The van der Waals surface area contributed by atoms with Crippen molar-refractivity contribution < 1.29 is 0 Å². The predicted octanol–water partition coefficient (Wildman–Crippen LogP) is 9.00. The molecule has 1 saturated heterocycles. The van der Waals surface area contributed by atoms with Gasteiger partial charge in [-0.1, -0.05) is 57.2 Å². The second kappa shape index (κ2) is 11.5. The summed E-state index contributed by atoms with van der Waals surface area (Å²) in [5, 5.41) is 0. The van der Waals surface area contributed by atoms with Crippen LogP contribution in [0, 0.1) is 13.8 Å². The molecular weight excluding hydrogens is 398 g/mol. The maximum Gasteiger partial charge on any atom is 0.0366 e. The predicted molar refractivity (Wildman–Crippen MR) is 147 cm³/mol. The van der Waals surface area contributed by atoms with Gasteiger partial charge in [0.1, 0.15) is 0 Å². The Hall–Kier alpha value is -2.54. The van der Waals surface area contributed by atoms with Crippen LogP contribution in [0.4, 0.5) is 0 Å². The lowest BCUT2D eigenvalue weighted by Gasteiger charge is -2.31. The first kappa shape index (κ1) is 25.1. The molecule has 0 aliphatic carbocycles. The quantitative estimate of drug-likeness (QED) is 0.369. The van der Waals surface area contributed by atoms with Gasteiger partial charge < -0.3 is 4.90 Å². The Labute approximate surface area is 202 Å². The van der Waals surface area contributed by atoms with Gasteiger partial charge in [-0.05, 0) is 122 Å². The molecule has 0 N–H and O–H groups in total. The molecule has 176 valence electrons. The van der Waals surface area contributed by atoms with Crippen LogP contribution >= 0.6 is 0 Å². The van der Waals surface area contributed by atoms with Crippen LogP contribution in [-0.2, 0) is 6.42 Å². The highest BCUT2D eigenvalue weighted by Crippen LogP contribution is 2.36. The van der Waals surface area contributed by atoms with E-state index in [1.165, 1.54) is 75.1 Å². The largest absolute Gasteiger partial charge is 0.372 e. The number of allylic oxidation sites excluding steroid dienone is 3. The minimum absolute atomic E-state index is 1.04. The van der Waals surface area contributed by atoms with E-state index in [-0.39, 0.29) is 0 Å². The summed E-state index contributed by atoms with van der Waals surface area (Å²) < 4.78 is 0. The van der Waals surface area contributed by atoms with E-state index < -0.39 is 0 Å². The molecule has 2 aromatic carbocycles. The molecule has 0 radical (unpaired) electrons. The summed E-state index contributed by atoms with van der Waals surface area (Å²) in [6, 6.07) is 13.5. The Bertz CT molecular complexity index is 1040. The number of benzene rings is 2. The molecule has 1 aliphatic rings. The van der Waals surface area contributed by atoms with Crippen molar-refractivity contribution >= 4 is 17.3 Å². The van der Waals surface area contributed by atoms with Gasteiger partial charge in [0.15, 0.2) is 0 Å². The Morgan fingerprint density at radius 3 is 2.30 bits per heavy atom. The van der Waals surface area contributed by atoms with Crippen LogP contribution in [0.1, 0.15) is 93.2 Å². The van der Waals surface area contributed by atoms with Gasteiger partial charge in [0.25, 0.3) is 0 Å². The molecule has 1 heterocycles. The van der Waals surface area contributed by atoms with Crippen molar-refractivity contribution in [3.8, 4) is 0 Å². The zero-order valence-electron chi connectivity index (χ0n) is 21.9. The van der Waals surface area contributed by atoms with Crippen molar-refractivity contribution in [1.82, 2.24) is 4.90 Å². The van der Waals surface area contributed by atoms with Crippen LogP contribution in [0.3, 0.4) is 0 Å². The smallest absolute Gasteiger partial charge is 0.0366 e. The fourth-order valence-corrected chi connectivity index (χ4v) is 5.16. The minimum Gasteiger partial charge on any atom is -0.372 e. The Balaban J connectivity index is 2.06. The third kappa shape index (κ3) is 5.88. The molecule has 1 fully saturated rings. The summed E-state index contributed by atoms with van der Waals surface area (Å²) in [4.78, 5) is 2.49. The number of rotatable bonds is 8. The second-order valence-corrected chi connectivity index (χ2v) is 9.71. The normalized spacial score (nSPS) is 15.5. The highest BCUT2D eigenvalue weighted by atomic mass is 15.1. The number of likely N-dealkylation sites (tertiary alicyclic amines) is 1. The molecule has 33 heavy (non-hydrogen) atoms. The van der Waals surface area contributed by atoms with Gasteiger partial charge in [0.05, 0.1) is 0 Å². The molecule has 0 aromatic heterocycles. The van der Waals surface area contributed by atoms with E-state index in [1.54, 1.807) is 0 Å². The molecule has 0 bridgehead atoms. The van der Waals surface area contributed by atoms with Gasteiger partial charge >= 0.3 is 0 Å². The van der Waals surface area contributed by atoms with Crippen molar-refractivity contribution in [3.63, 3.8) is 0 Å². The molecule has 1 nitrogen and oxygen atoms in total. The monoisotopic (exact) mass is 441 g/mol. The van der Waals surface area contributed by atoms with Crippen molar-refractivity contribution in [2.75, 3.05) is 13.1 Å². The van der Waals surface area contributed by atoms with Crippen LogP contribution < -0.4 is 0 Å². The SMILES string of the molecule is C=C(c1cc(C)c(/C(CCC)=C(C)/C(C)=C/c2ccccc2C)c(CC)c1)N1CCCCC1. The van der Waals surface area contributed by atoms with E-state index >= 15 is 0 Å². The first-order valence-corrected chi connectivity index (χ1v) is 12.9. The van der Waals surface area contributed by atoms with Crippen molar-refractivity contribution in [2.45, 2.75) is 80.1 Å². The first-order chi connectivity index (χ1) is 15.9. The van der Waals surface area contributed by atoms with Crippen LogP contribution in [0.25, 0.3) is 17.3 Å². The molecule has 2 aromatic rings. The van der Waals surface area contributed by atoms with Crippen molar-refractivity contribution in [3.05, 3.63) is 87.5 Å². The topological polar surface area (TPSA) is 3.24 Å². The highest BCUT2D eigenvalue weighted by molar-refractivity contribution is 5.80. The Kier molecular flexibility index (Phi) is 8.78. The second-order valence-electron chi connectivity index (χ2n) is 9.71. The summed E-state index contributed by atoms with van der Waals surface area (Å²) in [5.41, 5.74) is 13.7. The molecule has 0 unspecified atom stereocenters. The van der Waals surface area contributed by atoms with E-state index in [0.717, 1.165) is 32.4 Å². The summed E-state index contributed by atoms with van der Waals surface area (Å²) >= 11 is 0. The summed E-state index contributed by atoms with van der Waals surface area (Å²) in [5.74, 6) is 0. The number of nitrogens with zero attached hydrogens (tertiary/aromatic N) is 1. The van der Waals surface area contributed by atoms with E-state index in [9.17, 15) is 0 Å². The van der Waals surface area contributed by atoms with E-state index in [1.807, 2.05) is 0 Å². The van der Waals surface area contributed by atoms with Gasteiger partial charge in [0.2, 0.25) is 0 Å². The fourth-order valence-electron chi connectivity index (χ4n) is 5.16. The standard InChI is InChI=1S/C32H43N/c1-8-15-31(26(6)24(4)20-29-17-12-11-16-23(29)3)32-25(5)21-30(22-28(32)9-2)27(7)33-18-13-10-14-19-33/h11-12,16-17,20-22H,7-10,13-15,18-19H2,1-6H3/b24-20+,31-26+. The summed E-state index contributed by atoms with van der Waals surface area (Å²) in [7, 11) is 0. The Morgan fingerprint density at radius 1 is 0.970 bits per heavy atom. The van der Waals surface area contributed by atoms with Crippen LogP contribution in [0.15, 0.2) is 54.1 Å². The van der Waals surface area contributed by atoms with Crippen LogP contribution in [0.2, 0.25) is 0 Å². The average molecular weight is 442 g/mol. The molecule has 0 saturated carbocycles. The van der Waals surface area contributed by atoms with E-state index in [4.69, 9.17) is 0 Å². The third-order valence-electron chi connectivity index (χ3n) is 7.28. The van der Waals surface area contributed by atoms with Crippen molar-refractivity contribution in [1.29, 1.82) is 0 Å². The summed E-state index contributed by atoms with van der Waals surface area (Å²) in [6.07, 6.45) is 9.56. The zero-order chi connectivity index (χ0) is 24.0. The van der Waals surface area contributed by atoms with E-state index in [0.29, 0.717) is 0 Å². The van der Waals surface area contributed by atoms with Gasteiger partial charge in [0, 0.05) is 18.8 Å². The lowest BCUT2D eigenvalue weighted by molar-refractivity contribution is 0.326. The first-order valence-electron chi connectivity index (χ1n) is 12.9. The van der Waals surface area contributed by atoms with Gasteiger partial charge in [-0.2, -0.15) is 0 Å². The van der Waals surface area contributed by atoms with Gasteiger partial charge in [-0.25, -0.2) is 0 Å². The fraction of sp³-hybridized carbons (Fsp3) is 0.438. The molecule has 3 rings (SSSR count). The lowest BCUT2D eigenvalue weighted by Crippen LogP contribution is -2.27. The maximum absolute atomic E-state index is 4.50. The Morgan fingerprint density at radius 2 is 1.67 bits per heavy atom. The van der Waals surface area contributed by atoms with Crippen molar-refractivity contribution in [2.24, 2.45) is 0 Å². The zero-order valence-corrected chi connectivity index (χ0v) is 21.9. The number of aryl methyl sites for hydroxylation is 3. The van der Waals surface area contributed by atoms with E-state index in [2.05, 4.69) is 95.5 Å². The summed E-state index contributed by atoms with van der Waals surface area (Å²) in [6.45, 7) is 20.4. The minimum atomic E-state index is 1.04. The number of piperidine rings is 1. The average Bonchev–Trinajstić information content (AvgIpc) is 2.83. The maximum atomic E-state index is 4.50. The lowest BCUT2D eigenvalue weighted by atomic mass is 9.84. The molecule has 0 atom stereocenters. The molecule has 0 spiro atoms. The van der Waals surface area contributed by atoms with Crippen LogP contribution in [-0.4, -0.2) is 18.0 Å². The van der Waals surface area contributed by atoms with Gasteiger partial charge in [-0.3, -0.25) is 0 Å². The molecule has 0 amide bonds. The van der Waals surface area contributed by atoms with Gasteiger partial charge in [-0.15, -0.1) is 0 Å².